The average molecular weight is 651 g/mol. The predicted molar refractivity (Wildman–Crippen MR) is 178 cm³/mol. The van der Waals surface area contributed by atoms with Gasteiger partial charge in [0, 0.05) is 5.92 Å². The zero-order valence-electron chi connectivity index (χ0n) is 27.1. The molecule has 5 unspecified atom stereocenters. The highest BCUT2D eigenvalue weighted by atomic mass is 31.0. The molecule has 2 fully saturated rings. The third kappa shape index (κ3) is 8.81. The Bertz CT molecular complexity index is 1330. The van der Waals surface area contributed by atoms with Crippen LogP contribution in [0.4, 0.5) is 0 Å². The van der Waals surface area contributed by atoms with Gasteiger partial charge in [-0.05, 0) is 42.0 Å². The smallest absolute Gasteiger partial charge is 0.338 e. The highest BCUT2D eigenvalue weighted by molar-refractivity contribution is 7.16. The molecule has 2 saturated heterocycles. The number of carbonyl (C=O) groups excluding carboxylic acids is 1. The van der Waals surface area contributed by atoms with Crippen LogP contribution in [0.3, 0.4) is 0 Å². The fourth-order valence-corrected chi connectivity index (χ4v) is 6.31. The monoisotopic (exact) mass is 650 g/mol. The van der Waals surface area contributed by atoms with Gasteiger partial charge in [0.15, 0.2) is 18.7 Å². The average Bonchev–Trinajstić information content (AvgIpc) is 3.08. The molecule has 9 heteroatoms. The number of hydrogen-bond donors (Lipinski definition) is 0. The minimum absolute atomic E-state index is 0.0518. The molecule has 0 saturated carbocycles. The first-order chi connectivity index (χ1) is 22.4. The SMILES string of the molecule is CC1O[C@H](O[C@@H]2C(COCc3ccccc3)O[C@@H](OCP)C(OC(=O)c3ccccc3)[C@H]2C)C(OCc2ccccc2)[C@@H](C)[C@H]1C. The highest BCUT2D eigenvalue weighted by Crippen LogP contribution is 2.38. The molecule has 0 amide bonds. The lowest BCUT2D eigenvalue weighted by Crippen LogP contribution is -2.60. The summed E-state index contributed by atoms with van der Waals surface area (Å²) >= 11 is 0. The Morgan fingerprint density at radius 3 is 1.91 bits per heavy atom. The van der Waals surface area contributed by atoms with Crippen LogP contribution >= 0.6 is 9.24 Å². The standard InChI is InChI=1S/C37H47O8P/c1-24-25(2)33(40-21-29-16-10-6-11-17-29)37(42-27(24)4)45-32-26(3)34(44-35(38)30-18-12-7-13-19-30)36(41-23-46)43-31(32)22-39-20-28-14-8-5-9-15-28/h5-19,24-27,31-34,36-37H,20-23,46H2,1-4H3/t24-,25+,26+,27?,31?,32+,33?,34?,36-,37-/m1/s1. The van der Waals surface area contributed by atoms with Crippen molar-refractivity contribution >= 4 is 15.2 Å². The van der Waals surface area contributed by atoms with Crippen LogP contribution in [0.25, 0.3) is 0 Å². The lowest BCUT2D eigenvalue weighted by atomic mass is 9.83. The number of hydrogen-bond acceptors (Lipinski definition) is 8. The summed E-state index contributed by atoms with van der Waals surface area (Å²) in [5, 5.41) is 0. The van der Waals surface area contributed by atoms with E-state index in [1.54, 1.807) is 24.3 Å². The van der Waals surface area contributed by atoms with Gasteiger partial charge in [-0.25, -0.2) is 4.79 Å². The molecular formula is C37H47O8P. The Morgan fingerprint density at radius 1 is 0.674 bits per heavy atom. The molecular weight excluding hydrogens is 603 g/mol. The Hall–Kier alpha value is -2.68. The second kappa shape index (κ2) is 16.9. The van der Waals surface area contributed by atoms with E-state index < -0.39 is 36.9 Å². The van der Waals surface area contributed by atoms with E-state index in [0.717, 1.165) is 11.1 Å². The number of carbonyl (C=O) groups is 1. The van der Waals surface area contributed by atoms with Gasteiger partial charge in [-0.2, -0.15) is 0 Å². The fraction of sp³-hybridized carbons (Fsp3) is 0.486. The van der Waals surface area contributed by atoms with E-state index in [-0.39, 0.29) is 36.6 Å². The van der Waals surface area contributed by atoms with Gasteiger partial charge >= 0.3 is 5.97 Å². The molecule has 2 aliphatic heterocycles. The Kier molecular flexibility index (Phi) is 12.8. The van der Waals surface area contributed by atoms with E-state index in [1.165, 1.54) is 0 Å². The molecule has 0 bridgehead atoms. The molecule has 8 nitrogen and oxygen atoms in total. The van der Waals surface area contributed by atoms with Crippen molar-refractivity contribution in [1.82, 2.24) is 0 Å². The summed E-state index contributed by atoms with van der Waals surface area (Å²) in [5.74, 6) is -0.378. The van der Waals surface area contributed by atoms with Crippen LogP contribution < -0.4 is 0 Å². The van der Waals surface area contributed by atoms with Crippen LogP contribution in [0.5, 0.6) is 0 Å². The van der Waals surface area contributed by atoms with E-state index >= 15 is 0 Å². The fourth-order valence-electron chi connectivity index (χ4n) is 6.12. The molecule has 2 heterocycles. The van der Waals surface area contributed by atoms with Gasteiger partial charge in [-0.15, -0.1) is 9.24 Å². The molecule has 248 valence electrons. The molecule has 3 aromatic rings. The maximum absolute atomic E-state index is 13.3. The zero-order chi connectivity index (χ0) is 32.5. The van der Waals surface area contributed by atoms with Gasteiger partial charge < -0.3 is 33.2 Å². The molecule has 2 aliphatic rings. The topological polar surface area (TPSA) is 81.7 Å². The van der Waals surface area contributed by atoms with Crippen molar-refractivity contribution in [3.8, 4) is 0 Å². The van der Waals surface area contributed by atoms with Crippen molar-refractivity contribution < 1.29 is 38.0 Å². The molecule has 5 rings (SSSR count). The summed E-state index contributed by atoms with van der Waals surface area (Å²) < 4.78 is 44.7. The van der Waals surface area contributed by atoms with Crippen molar-refractivity contribution in [1.29, 1.82) is 0 Å². The van der Waals surface area contributed by atoms with Crippen molar-refractivity contribution in [3.05, 3.63) is 108 Å². The molecule has 46 heavy (non-hydrogen) atoms. The molecule has 11 atom stereocenters. The third-order valence-corrected chi connectivity index (χ3v) is 9.36. The second-order valence-electron chi connectivity index (χ2n) is 12.3. The maximum Gasteiger partial charge on any atom is 0.338 e. The number of ether oxygens (including phenoxy) is 7. The summed E-state index contributed by atoms with van der Waals surface area (Å²) in [6, 6.07) is 29.0. The molecule has 0 spiro atoms. The van der Waals surface area contributed by atoms with Crippen molar-refractivity contribution in [2.45, 2.75) is 84.0 Å². The van der Waals surface area contributed by atoms with Crippen LogP contribution in [0.1, 0.15) is 49.2 Å². The van der Waals surface area contributed by atoms with Gasteiger partial charge in [-0.1, -0.05) is 99.6 Å². The van der Waals surface area contributed by atoms with Crippen molar-refractivity contribution in [2.24, 2.45) is 17.8 Å². The Balaban J connectivity index is 1.39. The van der Waals surface area contributed by atoms with Gasteiger partial charge in [0.25, 0.3) is 0 Å². The van der Waals surface area contributed by atoms with E-state index in [1.807, 2.05) is 73.7 Å². The first-order valence-electron chi connectivity index (χ1n) is 16.2. The van der Waals surface area contributed by atoms with Gasteiger partial charge in [0.1, 0.15) is 12.2 Å². The minimum Gasteiger partial charge on any atom is -0.453 e. The van der Waals surface area contributed by atoms with Crippen LogP contribution in [-0.2, 0) is 46.4 Å². The summed E-state index contributed by atoms with van der Waals surface area (Å²) in [5.41, 5.74) is 2.58. The summed E-state index contributed by atoms with van der Waals surface area (Å²) in [6.45, 7) is 9.52. The van der Waals surface area contributed by atoms with E-state index in [2.05, 4.69) is 30.0 Å². The van der Waals surface area contributed by atoms with Crippen LogP contribution in [0.15, 0.2) is 91.0 Å². The number of esters is 1. The molecule has 3 aromatic carbocycles. The number of benzene rings is 3. The summed E-state index contributed by atoms with van der Waals surface area (Å²) in [7, 11) is 2.55. The molecule has 0 N–H and O–H groups in total. The Morgan fingerprint density at radius 2 is 1.28 bits per heavy atom. The normalized spacial score (nSPS) is 31.3. The van der Waals surface area contributed by atoms with Gasteiger partial charge in [0.05, 0.1) is 43.9 Å². The second-order valence-corrected chi connectivity index (χ2v) is 12.6. The summed E-state index contributed by atoms with van der Waals surface area (Å²) in [6.07, 6.45) is -3.43. The zero-order valence-corrected chi connectivity index (χ0v) is 28.3. The maximum atomic E-state index is 13.3. The molecule has 0 aromatic heterocycles. The first-order valence-corrected chi connectivity index (χ1v) is 17.0. The van der Waals surface area contributed by atoms with E-state index in [0.29, 0.717) is 25.1 Å². The predicted octanol–water partition coefficient (Wildman–Crippen LogP) is 6.63. The van der Waals surface area contributed by atoms with Gasteiger partial charge in [-0.3, -0.25) is 0 Å². The molecule has 0 aliphatic carbocycles. The quantitative estimate of drug-likeness (QED) is 0.151. The third-order valence-electron chi connectivity index (χ3n) is 9.17. The van der Waals surface area contributed by atoms with Crippen molar-refractivity contribution in [3.63, 3.8) is 0 Å². The van der Waals surface area contributed by atoms with E-state index in [4.69, 9.17) is 33.2 Å². The van der Waals surface area contributed by atoms with Gasteiger partial charge in [0.2, 0.25) is 0 Å². The summed E-state index contributed by atoms with van der Waals surface area (Å²) in [4.78, 5) is 13.3. The lowest BCUT2D eigenvalue weighted by molar-refractivity contribution is -0.343. The highest BCUT2D eigenvalue weighted by Gasteiger charge is 2.50. The van der Waals surface area contributed by atoms with Crippen LogP contribution in [-0.4, -0.2) is 62.0 Å². The Labute approximate surface area is 275 Å². The molecule has 0 radical (unpaired) electrons. The lowest BCUT2D eigenvalue weighted by Gasteiger charge is -2.49. The minimum atomic E-state index is -0.819. The number of rotatable bonds is 13. The van der Waals surface area contributed by atoms with Crippen molar-refractivity contribution in [2.75, 3.05) is 13.0 Å². The largest absolute Gasteiger partial charge is 0.453 e. The first kappa shape index (κ1) is 34.6. The van der Waals surface area contributed by atoms with Crippen LogP contribution in [0, 0.1) is 17.8 Å². The van der Waals surface area contributed by atoms with Crippen LogP contribution in [0.2, 0.25) is 0 Å². The van der Waals surface area contributed by atoms with E-state index in [9.17, 15) is 4.79 Å².